The summed E-state index contributed by atoms with van der Waals surface area (Å²) < 4.78 is 0.933. The van der Waals surface area contributed by atoms with Gasteiger partial charge in [0, 0.05) is 23.2 Å². The number of piperazine rings is 1. The minimum Gasteiger partial charge on any atom is -0.324 e. The molecule has 0 aliphatic carbocycles. The van der Waals surface area contributed by atoms with Crippen LogP contribution < -0.4 is 4.90 Å². The van der Waals surface area contributed by atoms with E-state index in [-0.39, 0.29) is 11.8 Å². The van der Waals surface area contributed by atoms with E-state index in [0.717, 1.165) is 10.2 Å². The van der Waals surface area contributed by atoms with Gasteiger partial charge in [0.05, 0.1) is 4.88 Å². The average Bonchev–Trinajstić information content (AvgIpc) is 3.03. The topological polar surface area (TPSA) is 40.6 Å². The molecule has 0 unspecified atom stereocenters. The minimum absolute atomic E-state index is 0.0470. The van der Waals surface area contributed by atoms with Gasteiger partial charge in [-0.2, -0.15) is 0 Å². The number of hydrogen-bond acceptors (Lipinski definition) is 3. The summed E-state index contributed by atoms with van der Waals surface area (Å²) in [5, 5.41) is 1.87. The van der Waals surface area contributed by atoms with Crippen LogP contribution in [0, 0.1) is 0 Å². The van der Waals surface area contributed by atoms with Gasteiger partial charge in [0.1, 0.15) is 6.04 Å². The van der Waals surface area contributed by atoms with Crippen LogP contribution in [0.2, 0.25) is 0 Å². The van der Waals surface area contributed by atoms with Crippen molar-refractivity contribution in [3.8, 4) is 0 Å². The first-order chi connectivity index (χ1) is 10.6. The number of rotatable bonds is 2. The van der Waals surface area contributed by atoms with Crippen molar-refractivity contribution in [2.75, 3.05) is 18.0 Å². The quantitative estimate of drug-likeness (QED) is 0.803. The van der Waals surface area contributed by atoms with Crippen LogP contribution in [-0.2, 0) is 4.79 Å². The van der Waals surface area contributed by atoms with Crippen LogP contribution >= 0.6 is 27.3 Å². The van der Waals surface area contributed by atoms with Crippen molar-refractivity contribution in [2.24, 2.45) is 0 Å². The van der Waals surface area contributed by atoms with Crippen LogP contribution in [0.3, 0.4) is 0 Å². The Hall–Kier alpha value is -1.66. The zero-order chi connectivity index (χ0) is 15.7. The Morgan fingerprint density at radius 3 is 2.77 bits per heavy atom. The number of carbonyl (C=O) groups excluding carboxylic acids is 2. The van der Waals surface area contributed by atoms with Crippen LogP contribution in [0.5, 0.6) is 0 Å². The molecule has 0 bridgehead atoms. The average molecular weight is 379 g/mol. The van der Waals surface area contributed by atoms with E-state index < -0.39 is 6.04 Å². The van der Waals surface area contributed by atoms with Gasteiger partial charge < -0.3 is 9.80 Å². The second-order valence-electron chi connectivity index (χ2n) is 5.12. The van der Waals surface area contributed by atoms with Gasteiger partial charge in [-0.3, -0.25) is 9.59 Å². The Labute approximate surface area is 141 Å². The molecule has 2 aromatic rings. The Balaban J connectivity index is 1.80. The fourth-order valence-corrected chi connectivity index (χ4v) is 3.66. The van der Waals surface area contributed by atoms with Gasteiger partial charge in [-0.05, 0) is 36.6 Å². The van der Waals surface area contributed by atoms with Crippen LogP contribution in [0.15, 0.2) is 46.3 Å². The lowest BCUT2D eigenvalue weighted by Gasteiger charge is -2.39. The molecule has 4 nitrogen and oxygen atoms in total. The molecule has 0 N–H and O–H groups in total. The number of thiophene rings is 1. The predicted molar refractivity (Wildman–Crippen MR) is 91.3 cm³/mol. The van der Waals surface area contributed by atoms with Gasteiger partial charge in [-0.25, -0.2) is 0 Å². The summed E-state index contributed by atoms with van der Waals surface area (Å²) in [7, 11) is 0. The van der Waals surface area contributed by atoms with Gasteiger partial charge in [0.25, 0.3) is 5.91 Å². The summed E-state index contributed by atoms with van der Waals surface area (Å²) in [6, 6.07) is 10.8. The van der Waals surface area contributed by atoms with Gasteiger partial charge in [-0.1, -0.05) is 28.1 Å². The van der Waals surface area contributed by atoms with Gasteiger partial charge in [-0.15, -0.1) is 11.3 Å². The number of amides is 2. The fourth-order valence-electron chi connectivity index (χ4n) is 2.59. The smallest absolute Gasteiger partial charge is 0.264 e. The van der Waals surface area contributed by atoms with E-state index in [4.69, 9.17) is 0 Å². The zero-order valence-electron chi connectivity index (χ0n) is 12.0. The molecule has 3 rings (SSSR count). The van der Waals surface area contributed by atoms with E-state index in [2.05, 4.69) is 15.9 Å². The molecule has 1 fully saturated rings. The molecule has 1 aromatic heterocycles. The third kappa shape index (κ3) is 2.80. The summed E-state index contributed by atoms with van der Waals surface area (Å²) >= 11 is 4.83. The Bertz CT molecular complexity index is 702. The second kappa shape index (κ2) is 6.22. The standard InChI is InChI=1S/C16H15BrN2O2S/c1-11-15(20)19(13-5-2-4-12(17)10-13)8-7-18(11)16(21)14-6-3-9-22-14/h2-6,9-11H,7-8H2,1H3/t11-/m0/s1. The lowest BCUT2D eigenvalue weighted by Crippen LogP contribution is -2.57. The highest BCUT2D eigenvalue weighted by molar-refractivity contribution is 9.10. The lowest BCUT2D eigenvalue weighted by atomic mass is 10.1. The molecule has 114 valence electrons. The Morgan fingerprint density at radius 1 is 1.27 bits per heavy atom. The first-order valence-electron chi connectivity index (χ1n) is 6.99. The molecular weight excluding hydrogens is 364 g/mol. The highest BCUT2D eigenvalue weighted by atomic mass is 79.9. The molecular formula is C16H15BrN2O2S. The first kappa shape index (κ1) is 15.2. The molecule has 0 spiro atoms. The second-order valence-corrected chi connectivity index (χ2v) is 6.98. The maximum absolute atomic E-state index is 12.6. The molecule has 0 radical (unpaired) electrons. The van der Waals surface area contributed by atoms with Crippen molar-refractivity contribution >= 4 is 44.8 Å². The fraction of sp³-hybridized carbons (Fsp3) is 0.250. The van der Waals surface area contributed by atoms with E-state index >= 15 is 0 Å². The summed E-state index contributed by atoms with van der Waals surface area (Å²) in [5.74, 6) is -0.112. The SMILES string of the molecule is C[C@H]1C(=O)N(c2cccc(Br)c2)CCN1C(=O)c1cccs1. The molecule has 6 heteroatoms. The maximum atomic E-state index is 12.6. The number of nitrogens with zero attached hydrogens (tertiary/aromatic N) is 2. The molecule has 22 heavy (non-hydrogen) atoms. The summed E-state index contributed by atoms with van der Waals surface area (Å²) in [5.41, 5.74) is 0.856. The third-order valence-electron chi connectivity index (χ3n) is 3.77. The number of benzene rings is 1. The Kier molecular flexibility index (Phi) is 4.31. The number of halogens is 1. The van der Waals surface area contributed by atoms with E-state index in [1.54, 1.807) is 22.8 Å². The molecule has 2 amide bonds. The van der Waals surface area contributed by atoms with Crippen LogP contribution in [0.4, 0.5) is 5.69 Å². The number of hydrogen-bond donors (Lipinski definition) is 0. The van der Waals surface area contributed by atoms with E-state index in [1.165, 1.54) is 11.3 Å². The Morgan fingerprint density at radius 2 is 2.09 bits per heavy atom. The monoisotopic (exact) mass is 378 g/mol. The highest BCUT2D eigenvalue weighted by Gasteiger charge is 2.35. The molecule has 1 aliphatic heterocycles. The van der Waals surface area contributed by atoms with Crippen LogP contribution in [-0.4, -0.2) is 35.8 Å². The van der Waals surface area contributed by atoms with Crippen molar-refractivity contribution < 1.29 is 9.59 Å². The summed E-state index contributed by atoms with van der Waals surface area (Å²) in [4.78, 5) is 29.2. The summed E-state index contributed by atoms with van der Waals surface area (Å²) in [6.07, 6.45) is 0. The third-order valence-corrected chi connectivity index (χ3v) is 5.12. The van der Waals surface area contributed by atoms with Crippen molar-refractivity contribution in [2.45, 2.75) is 13.0 Å². The molecule has 1 atom stereocenters. The molecule has 1 saturated heterocycles. The minimum atomic E-state index is -0.456. The van der Waals surface area contributed by atoms with Crippen molar-refractivity contribution in [3.63, 3.8) is 0 Å². The van der Waals surface area contributed by atoms with Crippen molar-refractivity contribution in [1.82, 2.24) is 4.90 Å². The van der Waals surface area contributed by atoms with Crippen LogP contribution in [0.1, 0.15) is 16.6 Å². The van der Waals surface area contributed by atoms with Crippen LogP contribution in [0.25, 0.3) is 0 Å². The first-order valence-corrected chi connectivity index (χ1v) is 8.66. The van der Waals surface area contributed by atoms with Gasteiger partial charge >= 0.3 is 0 Å². The van der Waals surface area contributed by atoms with Crippen molar-refractivity contribution in [3.05, 3.63) is 51.1 Å². The lowest BCUT2D eigenvalue weighted by molar-refractivity contribution is -0.124. The molecule has 1 aliphatic rings. The summed E-state index contributed by atoms with van der Waals surface area (Å²) in [6.45, 7) is 2.84. The highest BCUT2D eigenvalue weighted by Crippen LogP contribution is 2.25. The molecule has 2 heterocycles. The van der Waals surface area contributed by atoms with E-state index in [9.17, 15) is 9.59 Å². The van der Waals surface area contributed by atoms with Crippen molar-refractivity contribution in [1.29, 1.82) is 0 Å². The van der Waals surface area contributed by atoms with Gasteiger partial charge in [0.2, 0.25) is 5.91 Å². The normalized spacial score (nSPS) is 18.6. The van der Waals surface area contributed by atoms with Gasteiger partial charge in [0.15, 0.2) is 0 Å². The number of anilines is 1. The molecule has 1 aromatic carbocycles. The number of carbonyl (C=O) groups is 2. The maximum Gasteiger partial charge on any atom is 0.264 e. The molecule has 0 saturated carbocycles. The largest absolute Gasteiger partial charge is 0.324 e. The van der Waals surface area contributed by atoms with E-state index in [0.29, 0.717) is 18.0 Å². The van der Waals surface area contributed by atoms with E-state index in [1.807, 2.05) is 35.7 Å². The zero-order valence-corrected chi connectivity index (χ0v) is 14.4. The predicted octanol–water partition coefficient (Wildman–Crippen LogP) is 3.39.